The van der Waals surface area contributed by atoms with E-state index < -0.39 is 0 Å². The fourth-order valence-electron chi connectivity index (χ4n) is 3.26. The minimum atomic E-state index is -0.307. The number of hydrogen-bond acceptors (Lipinski definition) is 2. The molecule has 0 saturated heterocycles. The van der Waals surface area contributed by atoms with Crippen LogP contribution in [0.1, 0.15) is 30.0 Å². The molecule has 3 rings (SSSR count). The Morgan fingerprint density at radius 1 is 1.22 bits per heavy atom. The van der Waals surface area contributed by atoms with Crippen LogP contribution in [0.3, 0.4) is 0 Å². The van der Waals surface area contributed by atoms with E-state index in [0.29, 0.717) is 12.2 Å². The van der Waals surface area contributed by atoms with Gasteiger partial charge in [-0.25, -0.2) is 4.39 Å². The Morgan fingerprint density at radius 3 is 2.74 bits per heavy atom. The van der Waals surface area contributed by atoms with Gasteiger partial charge in [-0.05, 0) is 61.7 Å². The molecule has 120 valence electrons. The highest BCUT2D eigenvalue weighted by Crippen LogP contribution is 2.33. The van der Waals surface area contributed by atoms with E-state index >= 15 is 0 Å². The second kappa shape index (κ2) is 6.92. The molecule has 0 aliphatic heterocycles. The highest BCUT2D eigenvalue weighted by molar-refractivity contribution is 5.92. The quantitative estimate of drug-likeness (QED) is 0.932. The van der Waals surface area contributed by atoms with Crippen LogP contribution in [0.25, 0.3) is 0 Å². The highest BCUT2D eigenvalue weighted by Gasteiger charge is 2.24. The number of amides is 1. The van der Waals surface area contributed by atoms with E-state index in [1.165, 1.54) is 23.3 Å². The van der Waals surface area contributed by atoms with Gasteiger partial charge in [0.25, 0.3) is 0 Å². The molecule has 0 aromatic heterocycles. The standard InChI is InChI=1S/C19H21FN2O/c1-22(13-19(23)21-16-11-9-15(20)10-12-16)18-8-4-6-14-5-2-3-7-17(14)18/h2-3,5,7,9-12,18H,4,6,8,13H2,1H3,(H,21,23)/t18-/m1/s1. The minimum Gasteiger partial charge on any atom is -0.325 e. The molecule has 4 heteroatoms. The summed E-state index contributed by atoms with van der Waals surface area (Å²) in [5, 5.41) is 2.82. The lowest BCUT2D eigenvalue weighted by Gasteiger charge is -2.32. The van der Waals surface area contributed by atoms with Crippen LogP contribution in [-0.4, -0.2) is 24.4 Å². The zero-order valence-electron chi connectivity index (χ0n) is 13.3. The van der Waals surface area contributed by atoms with E-state index in [1.807, 2.05) is 7.05 Å². The van der Waals surface area contributed by atoms with Crippen LogP contribution in [0, 0.1) is 5.82 Å². The molecular weight excluding hydrogens is 291 g/mol. The number of carbonyl (C=O) groups excluding carboxylic acids is 1. The van der Waals surface area contributed by atoms with Gasteiger partial charge in [-0.2, -0.15) is 0 Å². The lowest BCUT2D eigenvalue weighted by molar-refractivity contribution is -0.117. The van der Waals surface area contributed by atoms with Gasteiger partial charge >= 0.3 is 0 Å². The summed E-state index contributed by atoms with van der Waals surface area (Å²) in [6.07, 6.45) is 3.32. The summed E-state index contributed by atoms with van der Waals surface area (Å²) < 4.78 is 12.9. The minimum absolute atomic E-state index is 0.0813. The topological polar surface area (TPSA) is 32.3 Å². The van der Waals surface area contributed by atoms with Gasteiger partial charge in [0.2, 0.25) is 5.91 Å². The fourth-order valence-corrected chi connectivity index (χ4v) is 3.26. The maximum Gasteiger partial charge on any atom is 0.238 e. The first-order chi connectivity index (χ1) is 11.1. The lowest BCUT2D eigenvalue weighted by atomic mass is 9.87. The molecule has 0 spiro atoms. The first-order valence-electron chi connectivity index (χ1n) is 7.97. The highest BCUT2D eigenvalue weighted by atomic mass is 19.1. The van der Waals surface area contributed by atoms with E-state index in [2.05, 4.69) is 34.5 Å². The van der Waals surface area contributed by atoms with Gasteiger partial charge in [-0.1, -0.05) is 24.3 Å². The van der Waals surface area contributed by atoms with Crippen LogP contribution in [0.15, 0.2) is 48.5 Å². The Balaban J connectivity index is 1.64. The molecule has 0 saturated carbocycles. The smallest absolute Gasteiger partial charge is 0.238 e. The van der Waals surface area contributed by atoms with Gasteiger partial charge in [0.05, 0.1) is 6.54 Å². The summed E-state index contributed by atoms with van der Waals surface area (Å²) in [5.74, 6) is -0.388. The third kappa shape index (κ3) is 3.77. The Hall–Kier alpha value is -2.20. The Kier molecular flexibility index (Phi) is 4.72. The van der Waals surface area contributed by atoms with Crippen molar-refractivity contribution in [1.29, 1.82) is 0 Å². The molecule has 0 radical (unpaired) electrons. The monoisotopic (exact) mass is 312 g/mol. The van der Waals surface area contributed by atoms with Crippen LogP contribution >= 0.6 is 0 Å². The van der Waals surface area contributed by atoms with Gasteiger partial charge in [-0.15, -0.1) is 0 Å². The average Bonchev–Trinajstić information content (AvgIpc) is 2.56. The number of anilines is 1. The third-order valence-electron chi connectivity index (χ3n) is 4.39. The second-order valence-corrected chi connectivity index (χ2v) is 6.08. The molecular formula is C19H21FN2O. The molecule has 1 atom stereocenters. The van der Waals surface area contributed by atoms with Crippen LogP contribution < -0.4 is 5.32 Å². The van der Waals surface area contributed by atoms with Crippen molar-refractivity contribution in [2.45, 2.75) is 25.3 Å². The van der Waals surface area contributed by atoms with Crippen molar-refractivity contribution in [3.63, 3.8) is 0 Å². The first kappa shape index (κ1) is 15.7. The second-order valence-electron chi connectivity index (χ2n) is 6.08. The predicted molar refractivity (Wildman–Crippen MR) is 89.8 cm³/mol. The van der Waals surface area contributed by atoms with E-state index in [-0.39, 0.29) is 17.8 Å². The van der Waals surface area contributed by atoms with E-state index in [4.69, 9.17) is 0 Å². The van der Waals surface area contributed by atoms with E-state index in [0.717, 1.165) is 19.3 Å². The Bertz CT molecular complexity index is 684. The number of rotatable bonds is 4. The number of hydrogen-bond donors (Lipinski definition) is 1. The van der Waals surface area contributed by atoms with Gasteiger partial charge in [0.1, 0.15) is 5.82 Å². The van der Waals surface area contributed by atoms with Crippen molar-refractivity contribution in [1.82, 2.24) is 4.90 Å². The molecule has 23 heavy (non-hydrogen) atoms. The molecule has 1 amide bonds. The molecule has 2 aromatic rings. The van der Waals surface area contributed by atoms with Gasteiger partial charge in [0.15, 0.2) is 0 Å². The maximum atomic E-state index is 12.9. The summed E-state index contributed by atoms with van der Waals surface area (Å²) >= 11 is 0. The summed E-state index contributed by atoms with van der Waals surface area (Å²) in [7, 11) is 1.98. The summed E-state index contributed by atoms with van der Waals surface area (Å²) in [5.41, 5.74) is 3.33. The van der Waals surface area contributed by atoms with E-state index in [1.54, 1.807) is 12.1 Å². The van der Waals surface area contributed by atoms with Crippen LogP contribution in [0.5, 0.6) is 0 Å². The molecule has 0 unspecified atom stereocenters. The van der Waals surface area contributed by atoms with Gasteiger partial charge in [-0.3, -0.25) is 9.69 Å². The summed E-state index contributed by atoms with van der Waals surface area (Å²) in [6.45, 7) is 0.316. The average molecular weight is 312 g/mol. The number of benzene rings is 2. The zero-order chi connectivity index (χ0) is 16.2. The number of fused-ring (bicyclic) bond motifs is 1. The first-order valence-corrected chi connectivity index (χ1v) is 7.97. The van der Waals surface area contributed by atoms with Crippen LogP contribution in [0.4, 0.5) is 10.1 Å². The number of nitrogens with one attached hydrogen (secondary N) is 1. The maximum absolute atomic E-state index is 12.9. The number of nitrogens with zero attached hydrogens (tertiary/aromatic N) is 1. The number of halogens is 1. The SMILES string of the molecule is CN(CC(=O)Nc1ccc(F)cc1)[C@@H]1CCCc2ccccc21. The Labute approximate surface area is 136 Å². The number of aryl methyl sites for hydroxylation is 1. The van der Waals surface area contributed by atoms with Crippen molar-refractivity contribution in [2.75, 3.05) is 18.9 Å². The molecule has 1 aliphatic rings. The third-order valence-corrected chi connectivity index (χ3v) is 4.39. The van der Waals surface area contributed by atoms with E-state index in [9.17, 15) is 9.18 Å². The number of likely N-dealkylation sites (N-methyl/N-ethyl adjacent to an activating group) is 1. The molecule has 0 heterocycles. The van der Waals surface area contributed by atoms with Crippen molar-refractivity contribution >= 4 is 11.6 Å². The largest absolute Gasteiger partial charge is 0.325 e. The van der Waals surface area contributed by atoms with Gasteiger partial charge in [0, 0.05) is 11.7 Å². The summed E-state index contributed by atoms with van der Waals surface area (Å²) in [4.78, 5) is 14.3. The molecule has 0 fully saturated rings. The van der Waals surface area contributed by atoms with Crippen molar-refractivity contribution in [3.8, 4) is 0 Å². The molecule has 2 aromatic carbocycles. The van der Waals surface area contributed by atoms with Crippen molar-refractivity contribution < 1.29 is 9.18 Å². The Morgan fingerprint density at radius 2 is 1.96 bits per heavy atom. The molecule has 1 N–H and O–H groups in total. The molecule has 3 nitrogen and oxygen atoms in total. The summed E-state index contributed by atoms with van der Waals surface area (Å²) in [6, 6.07) is 14.6. The zero-order valence-corrected chi connectivity index (χ0v) is 13.3. The fraction of sp³-hybridized carbons (Fsp3) is 0.316. The molecule has 0 bridgehead atoms. The molecule has 1 aliphatic carbocycles. The van der Waals surface area contributed by atoms with Crippen molar-refractivity contribution in [3.05, 3.63) is 65.5 Å². The number of carbonyl (C=O) groups is 1. The predicted octanol–water partition coefficient (Wildman–Crippen LogP) is 3.77. The van der Waals surface area contributed by atoms with Crippen LogP contribution in [0.2, 0.25) is 0 Å². The lowest BCUT2D eigenvalue weighted by Crippen LogP contribution is -2.34. The van der Waals surface area contributed by atoms with Crippen LogP contribution in [-0.2, 0) is 11.2 Å². The van der Waals surface area contributed by atoms with Gasteiger partial charge < -0.3 is 5.32 Å². The van der Waals surface area contributed by atoms with Crippen molar-refractivity contribution in [2.24, 2.45) is 0 Å². The normalized spacial score (nSPS) is 16.9.